The highest BCUT2D eigenvalue weighted by atomic mass is 35.5. The van der Waals surface area contributed by atoms with Gasteiger partial charge in [-0.05, 0) is 49.3 Å². The fourth-order valence-corrected chi connectivity index (χ4v) is 2.89. The zero-order valence-electron chi connectivity index (χ0n) is 10.5. The van der Waals surface area contributed by atoms with E-state index in [2.05, 4.69) is 0 Å². The van der Waals surface area contributed by atoms with Crippen LogP contribution < -0.4 is 5.73 Å². The number of nitrogens with two attached hydrogens (primary N) is 1. The van der Waals surface area contributed by atoms with Crippen molar-refractivity contribution in [3.8, 4) is 0 Å². The van der Waals surface area contributed by atoms with Crippen LogP contribution in [0.15, 0.2) is 24.3 Å². The summed E-state index contributed by atoms with van der Waals surface area (Å²) in [5.41, 5.74) is 7.09. The maximum atomic E-state index is 12.6. The van der Waals surface area contributed by atoms with Crippen LogP contribution >= 0.6 is 11.6 Å². The second kappa shape index (κ2) is 5.71. The molecule has 106 valence electrons. The minimum Gasteiger partial charge on any atom is -0.324 e. The molecule has 0 heterocycles. The lowest BCUT2D eigenvalue weighted by Crippen LogP contribution is -2.31. The van der Waals surface area contributed by atoms with E-state index in [1.807, 2.05) is 12.1 Å². The Kier molecular flexibility index (Phi) is 4.41. The van der Waals surface area contributed by atoms with Crippen LogP contribution in [-0.4, -0.2) is 6.18 Å². The molecule has 0 spiro atoms. The average molecular weight is 292 g/mol. The summed E-state index contributed by atoms with van der Waals surface area (Å²) < 4.78 is 37.8. The molecule has 0 bridgehead atoms. The van der Waals surface area contributed by atoms with Gasteiger partial charge in [0.2, 0.25) is 0 Å². The van der Waals surface area contributed by atoms with Crippen LogP contribution in [0.5, 0.6) is 0 Å². The zero-order chi connectivity index (χ0) is 14.0. The molecule has 2 rings (SSSR count). The third kappa shape index (κ3) is 3.63. The van der Waals surface area contributed by atoms with Gasteiger partial charge in [-0.1, -0.05) is 23.7 Å². The Labute approximate surface area is 115 Å². The topological polar surface area (TPSA) is 26.0 Å². The third-order valence-corrected chi connectivity index (χ3v) is 4.25. The van der Waals surface area contributed by atoms with E-state index in [0.29, 0.717) is 17.9 Å². The molecule has 0 saturated heterocycles. The lowest BCUT2D eigenvalue weighted by Gasteiger charge is -2.33. The van der Waals surface area contributed by atoms with Crippen molar-refractivity contribution in [2.75, 3.05) is 0 Å². The number of alkyl halides is 3. The molecule has 1 saturated carbocycles. The summed E-state index contributed by atoms with van der Waals surface area (Å²) >= 11 is 5.81. The molecule has 1 aliphatic rings. The van der Waals surface area contributed by atoms with Crippen LogP contribution in [0.2, 0.25) is 5.02 Å². The summed E-state index contributed by atoms with van der Waals surface area (Å²) in [5, 5.41) is 0.636. The van der Waals surface area contributed by atoms with Gasteiger partial charge in [-0.2, -0.15) is 13.2 Å². The first-order valence-electron chi connectivity index (χ1n) is 6.45. The van der Waals surface area contributed by atoms with Gasteiger partial charge in [0.15, 0.2) is 0 Å². The van der Waals surface area contributed by atoms with E-state index in [4.69, 9.17) is 17.3 Å². The first-order chi connectivity index (χ1) is 8.88. The maximum absolute atomic E-state index is 12.6. The Morgan fingerprint density at radius 3 is 2.05 bits per heavy atom. The average Bonchev–Trinajstić information content (AvgIpc) is 2.38. The van der Waals surface area contributed by atoms with Crippen molar-refractivity contribution in [2.24, 2.45) is 17.6 Å². The Morgan fingerprint density at radius 2 is 1.58 bits per heavy atom. The van der Waals surface area contributed by atoms with Crippen molar-refractivity contribution >= 4 is 11.6 Å². The monoisotopic (exact) mass is 291 g/mol. The largest absolute Gasteiger partial charge is 0.391 e. The molecule has 19 heavy (non-hydrogen) atoms. The molecule has 0 aliphatic heterocycles. The van der Waals surface area contributed by atoms with Gasteiger partial charge in [0.1, 0.15) is 0 Å². The summed E-state index contributed by atoms with van der Waals surface area (Å²) in [7, 11) is 0. The Bertz CT molecular complexity index is 408. The van der Waals surface area contributed by atoms with Crippen molar-refractivity contribution in [1.29, 1.82) is 0 Å². The molecule has 1 nitrogen and oxygen atoms in total. The molecular weight excluding hydrogens is 275 g/mol. The van der Waals surface area contributed by atoms with Crippen molar-refractivity contribution in [1.82, 2.24) is 0 Å². The second-order valence-corrected chi connectivity index (χ2v) is 5.67. The van der Waals surface area contributed by atoms with Gasteiger partial charge in [0.05, 0.1) is 5.92 Å². The maximum Gasteiger partial charge on any atom is 0.391 e. The predicted octanol–water partition coefficient (Wildman–Crippen LogP) is 4.71. The number of hydrogen-bond acceptors (Lipinski definition) is 1. The second-order valence-electron chi connectivity index (χ2n) is 5.23. The summed E-state index contributed by atoms with van der Waals surface area (Å²) in [4.78, 5) is 0. The van der Waals surface area contributed by atoms with Crippen molar-refractivity contribution in [3.63, 3.8) is 0 Å². The van der Waals surface area contributed by atoms with Gasteiger partial charge >= 0.3 is 6.18 Å². The highest BCUT2D eigenvalue weighted by molar-refractivity contribution is 6.30. The third-order valence-electron chi connectivity index (χ3n) is 4.00. The van der Waals surface area contributed by atoms with Gasteiger partial charge in [-0.3, -0.25) is 0 Å². The van der Waals surface area contributed by atoms with E-state index in [0.717, 1.165) is 5.56 Å². The molecular formula is C14H17ClF3N. The fraction of sp³-hybridized carbons (Fsp3) is 0.571. The summed E-state index contributed by atoms with van der Waals surface area (Å²) in [5.74, 6) is -1.03. The molecule has 1 aliphatic carbocycles. The number of halogens is 4. The molecule has 0 amide bonds. The summed E-state index contributed by atoms with van der Waals surface area (Å²) in [6, 6.07) is 7.02. The van der Waals surface area contributed by atoms with Gasteiger partial charge in [0.25, 0.3) is 0 Å². The minimum absolute atomic E-state index is 0.125. The normalized spacial score (nSPS) is 26.2. The fourth-order valence-electron chi connectivity index (χ4n) is 2.76. The molecule has 1 fully saturated rings. The van der Waals surface area contributed by atoms with Gasteiger partial charge in [0, 0.05) is 11.1 Å². The van der Waals surface area contributed by atoms with Crippen LogP contribution in [0.1, 0.15) is 37.3 Å². The first-order valence-corrected chi connectivity index (χ1v) is 6.83. The number of hydrogen-bond donors (Lipinski definition) is 1. The Balaban J connectivity index is 1.96. The van der Waals surface area contributed by atoms with Crippen LogP contribution in [0.3, 0.4) is 0 Å². The zero-order valence-corrected chi connectivity index (χ0v) is 11.2. The van der Waals surface area contributed by atoms with E-state index < -0.39 is 12.1 Å². The standard InChI is InChI=1S/C14H17ClF3N/c15-12-7-3-10(4-8-12)13(19)9-1-5-11(6-2-9)14(16,17)18/h3-4,7-9,11,13H,1-2,5-6,19H2. The molecule has 1 aromatic rings. The van der Waals surface area contributed by atoms with E-state index >= 15 is 0 Å². The van der Waals surface area contributed by atoms with Crippen LogP contribution in [-0.2, 0) is 0 Å². The predicted molar refractivity (Wildman–Crippen MR) is 69.9 cm³/mol. The highest BCUT2D eigenvalue weighted by Crippen LogP contribution is 2.42. The highest BCUT2D eigenvalue weighted by Gasteiger charge is 2.42. The Morgan fingerprint density at radius 1 is 1.05 bits per heavy atom. The van der Waals surface area contributed by atoms with Crippen LogP contribution in [0, 0.1) is 11.8 Å². The van der Waals surface area contributed by atoms with E-state index in [1.54, 1.807) is 12.1 Å². The van der Waals surface area contributed by atoms with Gasteiger partial charge in [-0.25, -0.2) is 0 Å². The molecule has 1 unspecified atom stereocenters. The van der Waals surface area contributed by atoms with E-state index in [9.17, 15) is 13.2 Å². The summed E-state index contributed by atoms with van der Waals surface area (Å²) in [6.45, 7) is 0. The molecule has 5 heteroatoms. The van der Waals surface area contributed by atoms with Gasteiger partial charge < -0.3 is 5.73 Å². The molecule has 1 atom stereocenters. The lowest BCUT2D eigenvalue weighted by molar-refractivity contribution is -0.184. The minimum atomic E-state index is -4.06. The smallest absolute Gasteiger partial charge is 0.324 e. The molecule has 2 N–H and O–H groups in total. The molecule has 0 aromatic heterocycles. The van der Waals surface area contributed by atoms with E-state index in [-0.39, 0.29) is 24.8 Å². The molecule has 0 radical (unpaired) electrons. The van der Waals surface area contributed by atoms with Crippen molar-refractivity contribution in [2.45, 2.75) is 37.9 Å². The number of benzene rings is 1. The Hall–Kier alpha value is -0.740. The van der Waals surface area contributed by atoms with E-state index in [1.165, 1.54) is 0 Å². The first kappa shape index (κ1) is 14.7. The quantitative estimate of drug-likeness (QED) is 0.839. The lowest BCUT2D eigenvalue weighted by atomic mass is 9.77. The number of rotatable bonds is 2. The summed E-state index contributed by atoms with van der Waals surface area (Å²) in [6.07, 6.45) is -2.61. The SMILES string of the molecule is NC(c1ccc(Cl)cc1)C1CCC(C(F)(F)F)CC1. The van der Waals surface area contributed by atoms with Crippen molar-refractivity contribution < 1.29 is 13.2 Å². The molecule has 1 aromatic carbocycles. The van der Waals surface area contributed by atoms with Crippen LogP contribution in [0.4, 0.5) is 13.2 Å². The van der Waals surface area contributed by atoms with Gasteiger partial charge in [-0.15, -0.1) is 0 Å². The van der Waals surface area contributed by atoms with Crippen molar-refractivity contribution in [3.05, 3.63) is 34.9 Å². The van der Waals surface area contributed by atoms with Crippen LogP contribution in [0.25, 0.3) is 0 Å².